The molecule has 1 saturated heterocycles. The van der Waals surface area contributed by atoms with Crippen molar-refractivity contribution in [3.63, 3.8) is 0 Å². The number of rotatable bonds is 6. The molecule has 148 valence electrons. The maximum Gasteiger partial charge on any atom is 0.239 e. The van der Waals surface area contributed by atoms with Crippen molar-refractivity contribution in [2.45, 2.75) is 43.9 Å². The number of hydrogen-bond donors (Lipinski definition) is 4. The summed E-state index contributed by atoms with van der Waals surface area (Å²) in [4.78, 5) is 23.4. The van der Waals surface area contributed by atoms with Crippen LogP contribution in [0, 0.1) is 16.0 Å². The number of nitrogens with one attached hydrogen (secondary N) is 4. The Morgan fingerprint density at radius 3 is 2.81 bits per heavy atom. The van der Waals surface area contributed by atoms with Crippen LogP contribution in [0.1, 0.15) is 24.8 Å². The highest BCUT2D eigenvalue weighted by atomic mass is 32.2. The average molecular weight is 397 g/mol. The molecule has 2 fully saturated rings. The SMILES string of the molecule is CS(=O)(=O)Nc1cccc(CNC(=O)C2NNC3CCC([N+](=O)[O-])CC32)c1. The van der Waals surface area contributed by atoms with E-state index in [-0.39, 0.29) is 29.3 Å². The lowest BCUT2D eigenvalue weighted by molar-refractivity contribution is -0.528. The molecule has 1 aromatic rings. The molecule has 0 aromatic heterocycles. The fourth-order valence-electron chi connectivity index (χ4n) is 3.74. The number of hydrogen-bond acceptors (Lipinski definition) is 7. The first-order valence-electron chi connectivity index (χ1n) is 8.72. The smallest absolute Gasteiger partial charge is 0.239 e. The highest BCUT2D eigenvalue weighted by Crippen LogP contribution is 2.31. The number of nitrogens with zero attached hydrogens (tertiary/aromatic N) is 1. The van der Waals surface area contributed by atoms with E-state index in [2.05, 4.69) is 20.9 Å². The van der Waals surface area contributed by atoms with E-state index in [4.69, 9.17) is 0 Å². The molecule has 1 aliphatic heterocycles. The molecule has 1 amide bonds. The Labute approximate surface area is 157 Å². The second kappa shape index (κ2) is 7.79. The van der Waals surface area contributed by atoms with Crippen LogP contribution in [-0.2, 0) is 21.4 Å². The van der Waals surface area contributed by atoms with Crippen molar-refractivity contribution in [2.24, 2.45) is 5.92 Å². The molecule has 0 spiro atoms. The summed E-state index contributed by atoms with van der Waals surface area (Å²) in [5, 5.41) is 13.9. The molecule has 1 heterocycles. The van der Waals surface area contributed by atoms with E-state index in [1.54, 1.807) is 24.3 Å². The number of sulfonamides is 1. The van der Waals surface area contributed by atoms with Crippen LogP contribution in [0.4, 0.5) is 5.69 Å². The van der Waals surface area contributed by atoms with Crippen molar-refractivity contribution in [1.82, 2.24) is 16.2 Å². The third kappa shape index (κ3) is 4.93. The van der Waals surface area contributed by atoms with E-state index >= 15 is 0 Å². The lowest BCUT2D eigenvalue weighted by atomic mass is 9.79. The van der Waals surface area contributed by atoms with E-state index in [9.17, 15) is 23.3 Å². The van der Waals surface area contributed by atoms with Gasteiger partial charge in [-0.25, -0.2) is 13.8 Å². The predicted octanol–water partition coefficient (Wildman–Crippen LogP) is -0.0353. The molecule has 0 bridgehead atoms. The van der Waals surface area contributed by atoms with E-state index in [0.29, 0.717) is 24.9 Å². The molecule has 1 saturated carbocycles. The first-order valence-corrected chi connectivity index (χ1v) is 10.6. The first kappa shape index (κ1) is 19.5. The number of benzene rings is 1. The largest absolute Gasteiger partial charge is 0.351 e. The molecular formula is C16H23N5O5S. The van der Waals surface area contributed by atoms with Gasteiger partial charge in [0.2, 0.25) is 22.0 Å². The van der Waals surface area contributed by atoms with Crippen molar-refractivity contribution < 1.29 is 18.1 Å². The predicted molar refractivity (Wildman–Crippen MR) is 98.7 cm³/mol. The molecule has 3 rings (SSSR count). The Bertz CT molecular complexity index is 830. The summed E-state index contributed by atoms with van der Waals surface area (Å²) >= 11 is 0. The van der Waals surface area contributed by atoms with E-state index < -0.39 is 22.1 Å². The zero-order chi connectivity index (χ0) is 19.6. The van der Waals surface area contributed by atoms with Crippen LogP contribution >= 0.6 is 0 Å². The number of fused-ring (bicyclic) bond motifs is 1. The summed E-state index contributed by atoms with van der Waals surface area (Å²) in [7, 11) is -3.37. The monoisotopic (exact) mass is 397 g/mol. The van der Waals surface area contributed by atoms with Gasteiger partial charge in [-0.2, -0.15) is 0 Å². The number of anilines is 1. The molecule has 2 aliphatic rings. The molecule has 0 radical (unpaired) electrons. The Morgan fingerprint density at radius 1 is 1.33 bits per heavy atom. The van der Waals surface area contributed by atoms with Crippen molar-refractivity contribution in [1.29, 1.82) is 0 Å². The molecule has 4 N–H and O–H groups in total. The van der Waals surface area contributed by atoms with Gasteiger partial charge in [0.25, 0.3) is 0 Å². The number of amides is 1. The summed E-state index contributed by atoms with van der Waals surface area (Å²) in [6.07, 6.45) is 2.60. The van der Waals surface area contributed by atoms with E-state index in [1.165, 1.54) is 0 Å². The van der Waals surface area contributed by atoms with Crippen LogP contribution in [-0.4, -0.2) is 43.6 Å². The van der Waals surface area contributed by atoms with Gasteiger partial charge in [0.1, 0.15) is 6.04 Å². The molecule has 11 heteroatoms. The summed E-state index contributed by atoms with van der Waals surface area (Å²) in [5.41, 5.74) is 7.20. The number of carbonyl (C=O) groups excluding carboxylic acids is 1. The summed E-state index contributed by atoms with van der Waals surface area (Å²) < 4.78 is 25.0. The fraction of sp³-hybridized carbons (Fsp3) is 0.562. The third-order valence-electron chi connectivity index (χ3n) is 5.00. The average Bonchev–Trinajstić information content (AvgIpc) is 3.01. The minimum absolute atomic E-state index is 0.0549. The summed E-state index contributed by atoms with van der Waals surface area (Å²) in [6, 6.07) is 5.66. The van der Waals surface area contributed by atoms with Crippen molar-refractivity contribution >= 4 is 21.6 Å². The summed E-state index contributed by atoms with van der Waals surface area (Å²) in [5.74, 6) is -0.368. The van der Waals surface area contributed by atoms with Crippen LogP contribution in [0.15, 0.2) is 24.3 Å². The van der Waals surface area contributed by atoms with E-state index in [0.717, 1.165) is 11.8 Å². The van der Waals surface area contributed by atoms with Gasteiger partial charge in [0.05, 0.1) is 6.26 Å². The van der Waals surface area contributed by atoms with Crippen molar-refractivity contribution in [3.05, 3.63) is 39.9 Å². The number of nitro groups is 1. The van der Waals surface area contributed by atoms with Gasteiger partial charge < -0.3 is 5.32 Å². The highest BCUT2D eigenvalue weighted by molar-refractivity contribution is 7.92. The van der Waals surface area contributed by atoms with Crippen molar-refractivity contribution in [3.8, 4) is 0 Å². The van der Waals surface area contributed by atoms with Gasteiger partial charge in [-0.1, -0.05) is 12.1 Å². The van der Waals surface area contributed by atoms with Gasteiger partial charge in [0.15, 0.2) is 0 Å². The second-order valence-electron chi connectivity index (χ2n) is 7.08. The van der Waals surface area contributed by atoms with Gasteiger partial charge in [-0.05, 0) is 24.1 Å². The zero-order valence-corrected chi connectivity index (χ0v) is 15.7. The Hall–Kier alpha value is -2.24. The Kier molecular flexibility index (Phi) is 5.63. The normalized spacial score (nSPS) is 27.6. The molecule has 4 unspecified atom stereocenters. The topological polar surface area (TPSA) is 142 Å². The second-order valence-corrected chi connectivity index (χ2v) is 8.83. The molecule has 1 aliphatic carbocycles. The lowest BCUT2D eigenvalue weighted by Gasteiger charge is -2.28. The quantitative estimate of drug-likeness (QED) is 0.390. The van der Waals surface area contributed by atoms with Crippen LogP contribution in [0.25, 0.3) is 0 Å². The highest BCUT2D eigenvalue weighted by Gasteiger charge is 2.46. The van der Waals surface area contributed by atoms with Gasteiger partial charge in [-0.15, -0.1) is 0 Å². The lowest BCUT2D eigenvalue weighted by Crippen LogP contribution is -2.46. The van der Waals surface area contributed by atoms with Crippen LogP contribution in [0.5, 0.6) is 0 Å². The Morgan fingerprint density at radius 2 is 2.11 bits per heavy atom. The van der Waals surface area contributed by atoms with E-state index in [1.807, 2.05) is 0 Å². The van der Waals surface area contributed by atoms with Gasteiger partial charge >= 0.3 is 0 Å². The van der Waals surface area contributed by atoms with Gasteiger partial charge in [-0.3, -0.25) is 25.1 Å². The zero-order valence-electron chi connectivity index (χ0n) is 14.8. The summed E-state index contributed by atoms with van der Waals surface area (Å²) in [6.45, 7) is 0.229. The maximum atomic E-state index is 12.6. The van der Waals surface area contributed by atoms with Crippen molar-refractivity contribution in [2.75, 3.05) is 11.0 Å². The van der Waals surface area contributed by atoms with Gasteiger partial charge in [0, 0.05) is 42.0 Å². The minimum atomic E-state index is -3.37. The maximum absolute atomic E-state index is 12.6. The first-order chi connectivity index (χ1) is 12.7. The molecule has 10 nitrogen and oxygen atoms in total. The number of hydrazine groups is 1. The standard InChI is InChI=1S/C16H23N5O5S/c1-27(25,26)20-11-4-2-3-10(7-11)9-17-16(22)15-13-8-12(21(23)24)5-6-14(13)18-19-15/h2-4,7,12-15,18-20H,5-6,8-9H2,1H3,(H,17,22). The van der Waals surface area contributed by atoms with Crippen LogP contribution < -0.4 is 20.9 Å². The molecule has 27 heavy (non-hydrogen) atoms. The number of carbonyl (C=O) groups is 1. The molecular weight excluding hydrogens is 374 g/mol. The van der Waals surface area contributed by atoms with Crippen LogP contribution in [0.3, 0.4) is 0 Å². The Balaban J connectivity index is 1.59. The van der Waals surface area contributed by atoms with Crippen LogP contribution in [0.2, 0.25) is 0 Å². The minimum Gasteiger partial charge on any atom is -0.351 e. The molecule has 1 aromatic carbocycles. The third-order valence-corrected chi connectivity index (χ3v) is 5.61. The fourth-order valence-corrected chi connectivity index (χ4v) is 4.30. The molecule has 4 atom stereocenters.